The van der Waals surface area contributed by atoms with Gasteiger partial charge in [0, 0.05) is 6.54 Å². The van der Waals surface area contributed by atoms with Crippen LogP contribution in [-0.2, 0) is 4.74 Å². The fourth-order valence-corrected chi connectivity index (χ4v) is 1.03. The van der Waals surface area contributed by atoms with Gasteiger partial charge in [-0.05, 0) is 20.8 Å². The zero-order chi connectivity index (χ0) is 8.20. The van der Waals surface area contributed by atoms with E-state index in [-0.39, 0.29) is 3.42 Å². The summed E-state index contributed by atoms with van der Waals surface area (Å²) in [7, 11) is 1.66. The first kappa shape index (κ1) is 10.2. The highest BCUT2D eigenvalue weighted by Gasteiger charge is 2.21. The van der Waals surface area contributed by atoms with Gasteiger partial charge in [0.15, 0.2) is 5.90 Å². The van der Waals surface area contributed by atoms with Crippen molar-refractivity contribution in [3.05, 3.63) is 0 Å². The molecule has 0 aromatic rings. The van der Waals surface area contributed by atoms with Gasteiger partial charge in [0.1, 0.15) is 0 Å². The van der Waals surface area contributed by atoms with Crippen LogP contribution in [0.15, 0.2) is 4.99 Å². The molecule has 0 amide bonds. The summed E-state index contributed by atoms with van der Waals surface area (Å²) < 4.78 is 5.11. The molecule has 0 aliphatic carbocycles. The second-order valence-electron chi connectivity index (χ2n) is 2.46. The largest absolute Gasteiger partial charge is 0.483 e. The Morgan fingerprint density at radius 2 is 2.10 bits per heavy atom. The van der Waals surface area contributed by atoms with E-state index in [1.54, 1.807) is 7.11 Å². The van der Waals surface area contributed by atoms with E-state index < -0.39 is 0 Å². The van der Waals surface area contributed by atoms with E-state index in [1.165, 1.54) is 0 Å². The molecule has 0 radical (unpaired) electrons. The van der Waals surface area contributed by atoms with Crippen LogP contribution in [0.3, 0.4) is 0 Å². The van der Waals surface area contributed by atoms with E-state index in [0.717, 1.165) is 12.4 Å². The molecule has 0 aliphatic rings. The van der Waals surface area contributed by atoms with Gasteiger partial charge < -0.3 is 4.74 Å². The summed E-state index contributed by atoms with van der Waals surface area (Å²) in [6, 6.07) is 0. The zero-order valence-electron chi connectivity index (χ0n) is 6.94. The van der Waals surface area contributed by atoms with Gasteiger partial charge in [-0.2, -0.15) is 0 Å². The number of rotatable bonds is 2. The summed E-state index contributed by atoms with van der Waals surface area (Å²) in [5, 5.41) is 0. The van der Waals surface area contributed by atoms with Crippen LogP contribution in [-0.4, -0.2) is 23.0 Å². The Labute approximate surface area is 76.2 Å². The number of halogens is 1. The first-order chi connectivity index (χ1) is 4.52. The lowest BCUT2D eigenvalue weighted by molar-refractivity contribution is 0.382. The normalized spacial score (nSPS) is 13.5. The van der Waals surface area contributed by atoms with Crippen molar-refractivity contribution in [2.24, 2.45) is 4.99 Å². The Kier molecular flexibility index (Phi) is 4.24. The Morgan fingerprint density at radius 1 is 1.60 bits per heavy atom. The number of hydrogen-bond donors (Lipinski definition) is 0. The van der Waals surface area contributed by atoms with Gasteiger partial charge in [0.2, 0.25) is 0 Å². The van der Waals surface area contributed by atoms with Gasteiger partial charge in [-0.3, -0.25) is 4.99 Å². The van der Waals surface area contributed by atoms with Gasteiger partial charge >= 0.3 is 0 Å². The highest BCUT2D eigenvalue weighted by Crippen LogP contribution is 2.19. The minimum atomic E-state index is 0.0164. The second kappa shape index (κ2) is 4.16. The van der Waals surface area contributed by atoms with Crippen molar-refractivity contribution >= 4 is 28.5 Å². The quantitative estimate of drug-likeness (QED) is 0.321. The fraction of sp³-hybridized carbons (Fsp3) is 0.857. The number of ether oxygens (including phenoxy) is 1. The van der Waals surface area contributed by atoms with Gasteiger partial charge in [-0.25, -0.2) is 0 Å². The third-order valence-electron chi connectivity index (χ3n) is 1.00. The third-order valence-corrected chi connectivity index (χ3v) is 1.47. The van der Waals surface area contributed by atoms with Crippen molar-refractivity contribution in [1.82, 2.24) is 0 Å². The zero-order valence-corrected chi connectivity index (χ0v) is 9.10. The lowest BCUT2D eigenvalue weighted by Crippen LogP contribution is -2.25. The number of hydrogen-bond acceptors (Lipinski definition) is 2. The van der Waals surface area contributed by atoms with Crippen molar-refractivity contribution in [1.29, 1.82) is 0 Å². The Bertz CT molecular complexity index is 126. The molecule has 0 saturated heterocycles. The number of alkyl halides is 1. The third kappa shape index (κ3) is 3.39. The molecule has 0 rings (SSSR count). The van der Waals surface area contributed by atoms with Crippen LogP contribution < -0.4 is 0 Å². The average Bonchev–Trinajstić information content (AvgIpc) is 1.80. The van der Waals surface area contributed by atoms with Crippen molar-refractivity contribution < 1.29 is 4.74 Å². The first-order valence-electron chi connectivity index (χ1n) is 3.30. The van der Waals surface area contributed by atoms with Gasteiger partial charge in [0.05, 0.1) is 10.5 Å². The molecule has 60 valence electrons. The van der Waals surface area contributed by atoms with Crippen molar-refractivity contribution in [2.75, 3.05) is 13.7 Å². The highest BCUT2D eigenvalue weighted by molar-refractivity contribution is 14.1. The second-order valence-corrected chi connectivity index (χ2v) is 5.15. The molecule has 0 spiro atoms. The van der Waals surface area contributed by atoms with E-state index >= 15 is 0 Å². The molecule has 2 nitrogen and oxygen atoms in total. The molecule has 0 heterocycles. The van der Waals surface area contributed by atoms with E-state index in [4.69, 9.17) is 4.74 Å². The first-order valence-corrected chi connectivity index (χ1v) is 4.38. The van der Waals surface area contributed by atoms with Crippen LogP contribution in [0.2, 0.25) is 0 Å². The maximum atomic E-state index is 5.10. The predicted molar refractivity (Wildman–Crippen MR) is 53.1 cm³/mol. The molecule has 10 heavy (non-hydrogen) atoms. The molecule has 0 atom stereocenters. The summed E-state index contributed by atoms with van der Waals surface area (Å²) >= 11 is 2.31. The predicted octanol–water partition coefficient (Wildman–Crippen LogP) is 2.26. The maximum Gasteiger partial charge on any atom is 0.198 e. The molecular weight excluding hydrogens is 241 g/mol. The average molecular weight is 255 g/mol. The Morgan fingerprint density at radius 3 is 2.20 bits per heavy atom. The summed E-state index contributed by atoms with van der Waals surface area (Å²) in [6.07, 6.45) is 0. The van der Waals surface area contributed by atoms with E-state index in [9.17, 15) is 0 Å². The van der Waals surface area contributed by atoms with Crippen LogP contribution in [0.1, 0.15) is 20.8 Å². The summed E-state index contributed by atoms with van der Waals surface area (Å²) in [4.78, 5) is 4.20. The van der Waals surface area contributed by atoms with Crippen LogP contribution >= 0.6 is 22.6 Å². The topological polar surface area (TPSA) is 21.6 Å². The number of nitrogens with zero attached hydrogens (tertiary/aromatic N) is 1. The lowest BCUT2D eigenvalue weighted by atomic mass is 10.2. The van der Waals surface area contributed by atoms with Crippen molar-refractivity contribution in [3.8, 4) is 0 Å². The summed E-state index contributed by atoms with van der Waals surface area (Å²) in [5.74, 6) is 0.815. The van der Waals surface area contributed by atoms with Crippen LogP contribution in [0.25, 0.3) is 0 Å². The van der Waals surface area contributed by atoms with Gasteiger partial charge in [0.25, 0.3) is 0 Å². The molecule has 0 aromatic heterocycles. The van der Waals surface area contributed by atoms with Gasteiger partial charge in [-0.1, -0.05) is 22.6 Å². The van der Waals surface area contributed by atoms with Crippen LogP contribution in [0.5, 0.6) is 0 Å². The molecular formula is C7H14INO. The molecule has 0 unspecified atom stereocenters. The van der Waals surface area contributed by atoms with Crippen molar-refractivity contribution in [2.45, 2.75) is 24.2 Å². The van der Waals surface area contributed by atoms with E-state index in [2.05, 4.69) is 41.4 Å². The van der Waals surface area contributed by atoms with Crippen molar-refractivity contribution in [3.63, 3.8) is 0 Å². The maximum absolute atomic E-state index is 5.10. The molecule has 0 fully saturated rings. The molecule has 0 aromatic carbocycles. The molecule has 0 N–H and O–H groups in total. The Balaban J connectivity index is 4.21. The lowest BCUT2D eigenvalue weighted by Gasteiger charge is -2.17. The van der Waals surface area contributed by atoms with E-state index in [1.807, 2.05) is 6.92 Å². The van der Waals surface area contributed by atoms with E-state index in [0.29, 0.717) is 0 Å². The molecule has 0 saturated carbocycles. The Hall–Kier alpha value is 0.200. The minimum absolute atomic E-state index is 0.0164. The fourth-order valence-electron chi connectivity index (χ4n) is 0.639. The SMILES string of the molecule is CCN=C(OC)C(C)(C)I. The molecule has 0 bridgehead atoms. The van der Waals surface area contributed by atoms with Gasteiger partial charge in [-0.15, -0.1) is 0 Å². The smallest absolute Gasteiger partial charge is 0.198 e. The molecule has 3 heteroatoms. The molecule has 0 aliphatic heterocycles. The number of methoxy groups -OCH3 is 1. The number of aliphatic imine (C=N–C) groups is 1. The monoisotopic (exact) mass is 255 g/mol. The van der Waals surface area contributed by atoms with Crippen LogP contribution in [0, 0.1) is 0 Å². The standard InChI is InChI=1S/C7H14INO/c1-5-9-6(10-4)7(2,3)8/h5H2,1-4H3. The summed E-state index contributed by atoms with van der Waals surface area (Å²) in [5.41, 5.74) is 0. The summed E-state index contributed by atoms with van der Waals surface area (Å²) in [6.45, 7) is 6.94. The van der Waals surface area contributed by atoms with Crippen LogP contribution in [0.4, 0.5) is 0 Å². The highest BCUT2D eigenvalue weighted by atomic mass is 127. The minimum Gasteiger partial charge on any atom is -0.483 e.